The van der Waals surface area contributed by atoms with E-state index in [-0.39, 0.29) is 5.91 Å². The van der Waals surface area contributed by atoms with Gasteiger partial charge in [-0.1, -0.05) is 12.1 Å². The first-order valence-electron chi connectivity index (χ1n) is 6.41. The maximum Gasteiger partial charge on any atom is 0.253 e. The van der Waals surface area contributed by atoms with Crippen LogP contribution in [0.2, 0.25) is 0 Å². The molecule has 1 aromatic carbocycles. The highest BCUT2D eigenvalue weighted by Gasteiger charge is 2.12. The number of hydrogen-bond donors (Lipinski definition) is 0. The molecule has 0 N–H and O–H groups in total. The van der Waals surface area contributed by atoms with E-state index in [0.717, 1.165) is 16.9 Å². The van der Waals surface area contributed by atoms with Crippen molar-refractivity contribution in [3.8, 4) is 0 Å². The first-order valence-corrected chi connectivity index (χ1v) is 7.80. The summed E-state index contributed by atoms with van der Waals surface area (Å²) in [4.78, 5) is 14.0. The number of amides is 1. The molecule has 1 aromatic heterocycles. The maximum absolute atomic E-state index is 12.3. The van der Waals surface area contributed by atoms with Gasteiger partial charge in [-0.3, -0.25) is 9.48 Å². The van der Waals surface area contributed by atoms with Crippen molar-refractivity contribution in [3.05, 3.63) is 53.3 Å². The third-order valence-corrected chi connectivity index (χ3v) is 3.66. The Hall–Kier alpha value is -1.75. The second-order valence-corrected chi connectivity index (χ2v) is 5.68. The average molecular weight is 289 g/mol. The summed E-state index contributed by atoms with van der Waals surface area (Å²) in [6.07, 6.45) is 5.78. The van der Waals surface area contributed by atoms with E-state index in [1.165, 1.54) is 5.56 Å². The van der Waals surface area contributed by atoms with Gasteiger partial charge in [0, 0.05) is 43.7 Å². The summed E-state index contributed by atoms with van der Waals surface area (Å²) in [5.41, 5.74) is 2.99. The minimum Gasteiger partial charge on any atom is -0.337 e. The molecule has 1 heterocycles. The highest BCUT2D eigenvalue weighted by molar-refractivity contribution is 7.97. The number of nitrogens with zero attached hydrogens (tertiary/aromatic N) is 3. The molecular formula is C15H19N3OS. The van der Waals surface area contributed by atoms with Crippen molar-refractivity contribution >= 4 is 17.7 Å². The van der Waals surface area contributed by atoms with E-state index < -0.39 is 0 Å². The Morgan fingerprint density at radius 3 is 2.55 bits per heavy atom. The summed E-state index contributed by atoms with van der Waals surface area (Å²) in [6, 6.07) is 7.82. The molecule has 20 heavy (non-hydrogen) atoms. The Morgan fingerprint density at radius 1 is 1.30 bits per heavy atom. The molecule has 0 radical (unpaired) electrons. The molecule has 0 saturated heterocycles. The molecule has 0 aliphatic rings. The number of aromatic nitrogens is 2. The molecule has 0 saturated carbocycles. The molecule has 5 heteroatoms. The van der Waals surface area contributed by atoms with Crippen LogP contribution in [-0.2, 0) is 19.3 Å². The van der Waals surface area contributed by atoms with Gasteiger partial charge in [-0.15, -0.1) is 0 Å². The molecule has 0 aliphatic heterocycles. The van der Waals surface area contributed by atoms with Crippen molar-refractivity contribution in [1.82, 2.24) is 14.7 Å². The zero-order valence-electron chi connectivity index (χ0n) is 12.0. The lowest BCUT2D eigenvalue weighted by Gasteiger charge is -2.16. The summed E-state index contributed by atoms with van der Waals surface area (Å²) in [5.74, 6) is 1.00. The SMILES string of the molecule is CSCc1ccc(C(=O)N(C)Cc2cnn(C)c2)cc1. The van der Waals surface area contributed by atoms with Gasteiger partial charge < -0.3 is 4.90 Å². The third kappa shape index (κ3) is 3.63. The van der Waals surface area contributed by atoms with Gasteiger partial charge in [0.05, 0.1) is 6.20 Å². The van der Waals surface area contributed by atoms with E-state index in [9.17, 15) is 4.79 Å². The predicted octanol–water partition coefficient (Wildman–Crippen LogP) is 2.56. The Labute approximate surface area is 123 Å². The highest BCUT2D eigenvalue weighted by Crippen LogP contribution is 2.13. The van der Waals surface area contributed by atoms with Crippen molar-refractivity contribution in [3.63, 3.8) is 0 Å². The van der Waals surface area contributed by atoms with Crippen molar-refractivity contribution < 1.29 is 4.79 Å². The zero-order chi connectivity index (χ0) is 14.5. The lowest BCUT2D eigenvalue weighted by atomic mass is 10.1. The first kappa shape index (κ1) is 14.7. The van der Waals surface area contributed by atoms with E-state index in [1.807, 2.05) is 44.6 Å². The number of carbonyl (C=O) groups excluding carboxylic acids is 1. The molecule has 0 fully saturated rings. The van der Waals surface area contributed by atoms with Gasteiger partial charge in [-0.05, 0) is 24.0 Å². The molecule has 2 rings (SSSR count). The lowest BCUT2D eigenvalue weighted by Crippen LogP contribution is -2.26. The van der Waals surface area contributed by atoms with E-state index in [4.69, 9.17) is 0 Å². The molecule has 0 spiro atoms. The summed E-state index contributed by atoms with van der Waals surface area (Å²) in [5, 5.41) is 4.11. The molecule has 0 aliphatic carbocycles. The van der Waals surface area contributed by atoms with Crippen LogP contribution < -0.4 is 0 Å². The molecule has 1 amide bonds. The van der Waals surface area contributed by atoms with Crippen LogP contribution in [0.25, 0.3) is 0 Å². The van der Waals surface area contributed by atoms with E-state index in [1.54, 1.807) is 27.5 Å². The fourth-order valence-corrected chi connectivity index (χ4v) is 2.56. The van der Waals surface area contributed by atoms with Crippen molar-refractivity contribution in [1.29, 1.82) is 0 Å². The van der Waals surface area contributed by atoms with Crippen molar-refractivity contribution in [2.45, 2.75) is 12.3 Å². The van der Waals surface area contributed by atoms with Gasteiger partial charge >= 0.3 is 0 Å². The minimum atomic E-state index is 0.0320. The highest BCUT2D eigenvalue weighted by atomic mass is 32.2. The van der Waals surface area contributed by atoms with Gasteiger partial charge in [0.1, 0.15) is 0 Å². The number of thioether (sulfide) groups is 1. The van der Waals surface area contributed by atoms with Gasteiger partial charge in [0.25, 0.3) is 5.91 Å². The maximum atomic E-state index is 12.3. The molecule has 4 nitrogen and oxygen atoms in total. The smallest absolute Gasteiger partial charge is 0.253 e. The average Bonchev–Trinajstić information content (AvgIpc) is 2.84. The van der Waals surface area contributed by atoms with Crippen LogP contribution >= 0.6 is 11.8 Å². The summed E-state index contributed by atoms with van der Waals surface area (Å²) >= 11 is 1.77. The second-order valence-electron chi connectivity index (χ2n) is 4.81. The largest absolute Gasteiger partial charge is 0.337 e. The van der Waals surface area contributed by atoms with E-state index in [2.05, 4.69) is 11.4 Å². The second kappa shape index (κ2) is 6.61. The normalized spacial score (nSPS) is 10.6. The Morgan fingerprint density at radius 2 is 2.00 bits per heavy atom. The lowest BCUT2D eigenvalue weighted by molar-refractivity contribution is 0.0785. The van der Waals surface area contributed by atoms with Gasteiger partial charge in [0.2, 0.25) is 0 Å². The number of rotatable bonds is 5. The van der Waals surface area contributed by atoms with E-state index >= 15 is 0 Å². The monoisotopic (exact) mass is 289 g/mol. The van der Waals surface area contributed by atoms with Crippen LogP contribution in [0.4, 0.5) is 0 Å². The molecule has 2 aromatic rings. The fraction of sp³-hybridized carbons (Fsp3) is 0.333. The van der Waals surface area contributed by atoms with Crippen LogP contribution in [0.5, 0.6) is 0 Å². The molecular weight excluding hydrogens is 270 g/mol. The Balaban J connectivity index is 2.02. The van der Waals surface area contributed by atoms with Crippen LogP contribution in [0.1, 0.15) is 21.5 Å². The van der Waals surface area contributed by atoms with Gasteiger partial charge in [-0.2, -0.15) is 16.9 Å². The van der Waals surface area contributed by atoms with Crippen molar-refractivity contribution in [2.75, 3.05) is 13.3 Å². The van der Waals surface area contributed by atoms with Crippen LogP contribution in [0.15, 0.2) is 36.7 Å². The quantitative estimate of drug-likeness (QED) is 0.849. The summed E-state index contributed by atoms with van der Waals surface area (Å²) in [7, 11) is 3.68. The molecule has 0 atom stereocenters. The topological polar surface area (TPSA) is 38.1 Å². The van der Waals surface area contributed by atoms with Crippen LogP contribution in [0.3, 0.4) is 0 Å². The molecule has 0 unspecified atom stereocenters. The number of hydrogen-bond acceptors (Lipinski definition) is 3. The Kier molecular flexibility index (Phi) is 4.84. The fourth-order valence-electron chi connectivity index (χ4n) is 2.03. The Bertz CT molecular complexity index is 577. The van der Waals surface area contributed by atoms with E-state index in [0.29, 0.717) is 6.54 Å². The molecule has 106 valence electrons. The number of aryl methyl sites for hydroxylation is 1. The minimum absolute atomic E-state index is 0.0320. The zero-order valence-corrected chi connectivity index (χ0v) is 12.9. The third-order valence-electron chi connectivity index (χ3n) is 3.04. The number of carbonyl (C=O) groups is 1. The summed E-state index contributed by atoms with van der Waals surface area (Å²) in [6.45, 7) is 0.569. The molecule has 0 bridgehead atoms. The van der Waals surface area contributed by atoms with Crippen LogP contribution in [-0.4, -0.2) is 33.9 Å². The standard InChI is InChI=1S/C15H19N3OS/c1-17(9-13-8-16-18(2)10-13)15(19)14-6-4-12(5-7-14)11-20-3/h4-8,10H,9,11H2,1-3H3. The van der Waals surface area contributed by atoms with Gasteiger partial charge in [-0.25, -0.2) is 0 Å². The van der Waals surface area contributed by atoms with Crippen molar-refractivity contribution in [2.24, 2.45) is 7.05 Å². The first-order chi connectivity index (χ1) is 9.60. The number of benzene rings is 1. The van der Waals surface area contributed by atoms with Crippen LogP contribution in [0, 0.1) is 0 Å². The summed E-state index contributed by atoms with van der Waals surface area (Å²) < 4.78 is 1.74. The predicted molar refractivity (Wildman–Crippen MR) is 82.7 cm³/mol. The van der Waals surface area contributed by atoms with Gasteiger partial charge in [0.15, 0.2) is 0 Å².